The molecule has 2 aromatic rings. The Balaban J connectivity index is 2.09. The molecule has 0 aliphatic heterocycles. The number of hydrogen-bond donors (Lipinski definition) is 2. The molecule has 1 atom stereocenters. The van der Waals surface area contributed by atoms with Crippen molar-refractivity contribution in [1.82, 2.24) is 5.32 Å². The second-order valence-electron chi connectivity index (χ2n) is 5.18. The van der Waals surface area contributed by atoms with Crippen molar-refractivity contribution in [3.8, 4) is 11.5 Å². The van der Waals surface area contributed by atoms with Gasteiger partial charge < -0.3 is 20.1 Å². The fourth-order valence-corrected chi connectivity index (χ4v) is 2.57. The van der Waals surface area contributed by atoms with Gasteiger partial charge in [0.05, 0.1) is 20.3 Å². The summed E-state index contributed by atoms with van der Waals surface area (Å²) in [6.45, 7) is 2.00. The molecule has 0 aliphatic carbocycles. The van der Waals surface area contributed by atoms with Crippen molar-refractivity contribution >= 4 is 23.3 Å². The molecule has 0 fully saturated rings. The van der Waals surface area contributed by atoms with Crippen LogP contribution in [0.1, 0.15) is 24.9 Å². The van der Waals surface area contributed by atoms with E-state index < -0.39 is 0 Å². The number of amides is 2. The molecule has 0 saturated carbocycles. The van der Waals surface area contributed by atoms with E-state index in [1.807, 2.05) is 25.1 Å². The summed E-state index contributed by atoms with van der Waals surface area (Å²) >= 11 is 5.92. The van der Waals surface area contributed by atoms with E-state index >= 15 is 0 Å². The van der Waals surface area contributed by atoms with Gasteiger partial charge in [-0.05, 0) is 42.3 Å². The number of anilines is 1. The van der Waals surface area contributed by atoms with Gasteiger partial charge in [-0.25, -0.2) is 4.79 Å². The van der Waals surface area contributed by atoms with Crippen molar-refractivity contribution in [3.63, 3.8) is 0 Å². The third kappa shape index (κ3) is 4.55. The fraction of sp³-hybridized carbons (Fsp3) is 0.278. The largest absolute Gasteiger partial charge is 0.493 e. The summed E-state index contributed by atoms with van der Waals surface area (Å²) < 4.78 is 10.6. The lowest BCUT2D eigenvalue weighted by molar-refractivity contribution is 0.248. The van der Waals surface area contributed by atoms with Crippen molar-refractivity contribution < 1.29 is 14.3 Å². The van der Waals surface area contributed by atoms with Crippen LogP contribution in [-0.2, 0) is 0 Å². The molecule has 0 spiro atoms. The molecule has 0 aliphatic rings. The number of halogens is 1. The van der Waals surface area contributed by atoms with E-state index in [4.69, 9.17) is 21.1 Å². The smallest absolute Gasteiger partial charge is 0.319 e. The summed E-state index contributed by atoms with van der Waals surface area (Å²) in [6, 6.07) is 12.2. The van der Waals surface area contributed by atoms with Crippen molar-refractivity contribution in [2.45, 2.75) is 19.4 Å². The number of ether oxygens (including phenoxy) is 2. The van der Waals surface area contributed by atoms with Crippen LogP contribution in [0.25, 0.3) is 0 Å². The molecule has 128 valence electrons. The number of urea groups is 1. The van der Waals surface area contributed by atoms with Gasteiger partial charge in [0.15, 0.2) is 11.5 Å². The fourth-order valence-electron chi connectivity index (χ4n) is 2.38. The predicted molar refractivity (Wildman–Crippen MR) is 96.2 cm³/mol. The van der Waals surface area contributed by atoms with Crippen LogP contribution < -0.4 is 20.1 Å². The Bertz CT molecular complexity index is 706. The van der Waals surface area contributed by atoms with Gasteiger partial charge in [0.1, 0.15) is 0 Å². The van der Waals surface area contributed by atoms with E-state index in [-0.39, 0.29) is 12.1 Å². The van der Waals surface area contributed by atoms with Crippen LogP contribution >= 0.6 is 11.6 Å². The quantitative estimate of drug-likeness (QED) is 0.800. The van der Waals surface area contributed by atoms with Crippen LogP contribution in [-0.4, -0.2) is 20.3 Å². The minimum Gasteiger partial charge on any atom is -0.493 e. The van der Waals surface area contributed by atoms with E-state index in [1.165, 1.54) is 0 Å². The molecule has 0 unspecified atom stereocenters. The Hall–Kier alpha value is -2.40. The summed E-state index contributed by atoms with van der Waals surface area (Å²) in [4.78, 5) is 12.2. The number of rotatable bonds is 6. The molecule has 2 amide bonds. The summed E-state index contributed by atoms with van der Waals surface area (Å²) in [5, 5.41) is 6.30. The Kier molecular flexibility index (Phi) is 6.32. The Morgan fingerprint density at radius 2 is 1.88 bits per heavy atom. The van der Waals surface area contributed by atoms with Crippen molar-refractivity contribution in [2.75, 3.05) is 19.5 Å². The molecule has 2 aromatic carbocycles. The monoisotopic (exact) mass is 348 g/mol. The number of nitrogens with one attached hydrogen (secondary N) is 2. The number of benzene rings is 2. The number of carbonyl (C=O) groups excluding carboxylic acids is 1. The lowest BCUT2D eigenvalue weighted by Gasteiger charge is -2.19. The molecule has 24 heavy (non-hydrogen) atoms. The lowest BCUT2D eigenvalue weighted by Crippen LogP contribution is -2.32. The molecule has 2 N–H and O–H groups in total. The zero-order valence-electron chi connectivity index (χ0n) is 13.9. The number of carbonyl (C=O) groups is 1. The van der Waals surface area contributed by atoms with E-state index in [9.17, 15) is 4.79 Å². The molecule has 2 rings (SSSR count). The zero-order valence-corrected chi connectivity index (χ0v) is 14.7. The maximum Gasteiger partial charge on any atom is 0.319 e. The van der Waals surface area contributed by atoms with Gasteiger partial charge in [-0.15, -0.1) is 0 Å². The Labute approximate surface area is 146 Å². The topological polar surface area (TPSA) is 59.6 Å². The standard InChI is InChI=1S/C18H21ClN2O3/c1-4-15(12-8-9-16(23-2)17(10-12)24-3)21-18(22)20-14-7-5-6-13(19)11-14/h5-11,15H,4H2,1-3H3,(H2,20,21,22)/t15-/m1/s1. The molecule has 0 bridgehead atoms. The second-order valence-corrected chi connectivity index (χ2v) is 5.62. The van der Waals surface area contributed by atoms with Crippen molar-refractivity contribution in [1.29, 1.82) is 0 Å². The first-order valence-electron chi connectivity index (χ1n) is 7.62. The van der Waals surface area contributed by atoms with Crippen LogP contribution in [0.3, 0.4) is 0 Å². The summed E-state index contributed by atoms with van der Waals surface area (Å²) in [7, 11) is 3.17. The first-order valence-corrected chi connectivity index (χ1v) is 8.00. The van der Waals surface area contributed by atoms with E-state index in [2.05, 4.69) is 10.6 Å². The summed E-state index contributed by atoms with van der Waals surface area (Å²) in [6.07, 6.45) is 0.735. The molecule has 5 nitrogen and oxygen atoms in total. The van der Waals surface area contributed by atoms with Crippen LogP contribution in [0.15, 0.2) is 42.5 Å². The summed E-state index contributed by atoms with van der Waals surface area (Å²) in [5.74, 6) is 1.28. The normalized spacial score (nSPS) is 11.5. The molecule has 0 aromatic heterocycles. The first-order chi connectivity index (χ1) is 11.6. The van der Waals surface area contributed by atoms with Gasteiger partial charge in [0, 0.05) is 10.7 Å². The van der Waals surface area contributed by atoms with Gasteiger partial charge in [0.2, 0.25) is 0 Å². The highest BCUT2D eigenvalue weighted by Crippen LogP contribution is 2.30. The highest BCUT2D eigenvalue weighted by Gasteiger charge is 2.15. The average Bonchev–Trinajstić information content (AvgIpc) is 2.59. The highest BCUT2D eigenvalue weighted by molar-refractivity contribution is 6.30. The number of hydrogen-bond acceptors (Lipinski definition) is 3. The Morgan fingerprint density at radius 3 is 2.50 bits per heavy atom. The van der Waals surface area contributed by atoms with Gasteiger partial charge in [-0.2, -0.15) is 0 Å². The van der Waals surface area contributed by atoms with Gasteiger partial charge in [-0.1, -0.05) is 30.7 Å². The minimum absolute atomic E-state index is 0.149. The molecular formula is C18H21ClN2O3. The molecule has 0 saturated heterocycles. The molecular weight excluding hydrogens is 328 g/mol. The van der Waals surface area contributed by atoms with E-state index in [0.717, 1.165) is 12.0 Å². The van der Waals surface area contributed by atoms with Crippen LogP contribution in [0.2, 0.25) is 5.02 Å². The van der Waals surface area contributed by atoms with Crippen LogP contribution in [0.5, 0.6) is 11.5 Å². The van der Waals surface area contributed by atoms with E-state index in [1.54, 1.807) is 38.5 Å². The maximum absolute atomic E-state index is 12.2. The van der Waals surface area contributed by atoms with Crippen LogP contribution in [0.4, 0.5) is 10.5 Å². The van der Waals surface area contributed by atoms with E-state index in [0.29, 0.717) is 22.2 Å². The minimum atomic E-state index is -0.293. The number of methoxy groups -OCH3 is 2. The molecule has 0 heterocycles. The average molecular weight is 349 g/mol. The SMILES string of the molecule is CC[C@@H](NC(=O)Nc1cccc(Cl)c1)c1ccc(OC)c(OC)c1. The third-order valence-electron chi connectivity index (χ3n) is 3.61. The van der Waals surface area contributed by atoms with Crippen LogP contribution in [0, 0.1) is 0 Å². The van der Waals surface area contributed by atoms with Crippen molar-refractivity contribution in [3.05, 3.63) is 53.1 Å². The highest BCUT2D eigenvalue weighted by atomic mass is 35.5. The lowest BCUT2D eigenvalue weighted by atomic mass is 10.0. The van der Waals surface area contributed by atoms with Gasteiger partial charge >= 0.3 is 6.03 Å². The second kappa shape index (κ2) is 8.45. The predicted octanol–water partition coefficient (Wildman–Crippen LogP) is 4.63. The third-order valence-corrected chi connectivity index (χ3v) is 3.84. The van der Waals surface area contributed by atoms with Gasteiger partial charge in [0.25, 0.3) is 0 Å². The first kappa shape index (κ1) is 17.9. The van der Waals surface area contributed by atoms with Gasteiger partial charge in [-0.3, -0.25) is 0 Å². The molecule has 0 radical (unpaired) electrons. The molecule has 6 heteroatoms. The maximum atomic E-state index is 12.2. The summed E-state index contributed by atoms with van der Waals surface area (Å²) in [5.41, 5.74) is 1.58. The Morgan fingerprint density at radius 1 is 1.12 bits per heavy atom. The zero-order chi connectivity index (χ0) is 17.5. The van der Waals surface area contributed by atoms with Crippen molar-refractivity contribution in [2.24, 2.45) is 0 Å².